The van der Waals surface area contributed by atoms with Crippen LogP contribution < -0.4 is 5.32 Å². The van der Waals surface area contributed by atoms with Gasteiger partial charge < -0.3 is 10.1 Å². The number of carbonyl (C=O) groups excluding carboxylic acids is 2. The minimum Gasteiger partial charge on any atom is -0.456 e. The average molecular weight is 389 g/mol. The zero-order valence-electron chi connectivity index (χ0n) is 14.5. The summed E-state index contributed by atoms with van der Waals surface area (Å²) in [5.74, 6) is -0.202. The summed E-state index contributed by atoms with van der Waals surface area (Å²) < 4.78 is 5.04. The van der Waals surface area contributed by atoms with Crippen molar-refractivity contribution >= 4 is 39.6 Å². The van der Waals surface area contributed by atoms with E-state index in [1.807, 2.05) is 17.5 Å². The third-order valence-corrected chi connectivity index (χ3v) is 6.50. The van der Waals surface area contributed by atoms with Gasteiger partial charge in [0.05, 0.1) is 12.0 Å². The molecule has 0 bridgehead atoms. The number of hydrogen-bond donors (Lipinski definition) is 1. The maximum atomic E-state index is 12.1. The number of rotatable bonds is 6. The molecule has 5 nitrogen and oxygen atoms in total. The van der Waals surface area contributed by atoms with Crippen molar-refractivity contribution in [1.82, 2.24) is 0 Å². The Bertz CT molecular complexity index is 834. The summed E-state index contributed by atoms with van der Waals surface area (Å²) in [6.07, 6.45) is 3.76. The highest BCUT2D eigenvalue weighted by atomic mass is 32.1. The summed E-state index contributed by atoms with van der Waals surface area (Å²) in [6, 6.07) is 6.12. The fourth-order valence-electron chi connectivity index (χ4n) is 3.02. The molecule has 136 valence electrons. The monoisotopic (exact) mass is 388 g/mol. The number of anilines is 1. The lowest BCUT2D eigenvalue weighted by Gasteiger charge is -2.17. The summed E-state index contributed by atoms with van der Waals surface area (Å²) in [7, 11) is 0. The number of fused-ring (bicyclic) bond motifs is 1. The smallest absolute Gasteiger partial charge is 0.306 e. The Balaban J connectivity index is 1.52. The molecule has 7 heteroatoms. The van der Waals surface area contributed by atoms with Crippen LogP contribution in [-0.4, -0.2) is 18.5 Å². The van der Waals surface area contributed by atoms with Crippen LogP contribution in [0.1, 0.15) is 40.6 Å². The van der Waals surface area contributed by atoms with Crippen molar-refractivity contribution in [2.75, 3.05) is 11.9 Å². The molecule has 0 aromatic carbocycles. The van der Waals surface area contributed by atoms with E-state index in [1.54, 1.807) is 11.3 Å². The summed E-state index contributed by atoms with van der Waals surface area (Å²) in [5, 5.41) is 14.7. The first-order valence-corrected chi connectivity index (χ1v) is 10.3. The number of nitrogens with one attached hydrogen (secondary N) is 1. The second-order valence-electron chi connectivity index (χ2n) is 6.46. The molecule has 0 saturated carbocycles. The number of esters is 1. The van der Waals surface area contributed by atoms with E-state index in [4.69, 9.17) is 4.74 Å². The second kappa shape index (κ2) is 8.47. The molecule has 26 heavy (non-hydrogen) atoms. The van der Waals surface area contributed by atoms with Crippen molar-refractivity contribution in [2.24, 2.45) is 5.92 Å². The van der Waals surface area contributed by atoms with Gasteiger partial charge in [-0.15, -0.1) is 22.7 Å². The fourth-order valence-corrected chi connectivity index (χ4v) is 5.10. The summed E-state index contributed by atoms with van der Waals surface area (Å²) >= 11 is 3.06. The number of carbonyl (C=O) groups is 2. The van der Waals surface area contributed by atoms with Crippen LogP contribution in [0.3, 0.4) is 0 Å². The predicted molar refractivity (Wildman–Crippen MR) is 102 cm³/mol. The number of thiophene rings is 2. The van der Waals surface area contributed by atoms with Crippen molar-refractivity contribution < 1.29 is 14.3 Å². The first-order valence-electron chi connectivity index (χ1n) is 8.59. The number of nitrogens with zero attached hydrogens (tertiary/aromatic N) is 1. The highest BCUT2D eigenvalue weighted by Gasteiger charge is 2.24. The van der Waals surface area contributed by atoms with Gasteiger partial charge in [-0.2, -0.15) is 5.26 Å². The van der Waals surface area contributed by atoms with E-state index in [1.165, 1.54) is 16.2 Å². The summed E-state index contributed by atoms with van der Waals surface area (Å²) in [5.41, 5.74) is 1.63. The molecule has 2 aromatic rings. The molecule has 1 aliphatic carbocycles. The van der Waals surface area contributed by atoms with E-state index >= 15 is 0 Å². The molecule has 2 heterocycles. The molecule has 0 saturated heterocycles. The molecule has 1 amide bonds. The maximum Gasteiger partial charge on any atom is 0.306 e. The van der Waals surface area contributed by atoms with Gasteiger partial charge in [0.15, 0.2) is 6.61 Å². The predicted octanol–water partition coefficient (Wildman–Crippen LogP) is 3.92. The van der Waals surface area contributed by atoms with Crippen molar-refractivity contribution in [2.45, 2.75) is 39.0 Å². The number of hydrogen-bond acceptors (Lipinski definition) is 6. The molecule has 1 aliphatic rings. The second-order valence-corrected chi connectivity index (χ2v) is 8.59. The van der Waals surface area contributed by atoms with Crippen molar-refractivity contribution in [3.8, 4) is 6.07 Å². The standard InChI is InChI=1S/C19H20N2O3S2/c1-12-4-6-14-15(10-20)19(26-16(14)9-12)21-17(22)11-24-18(23)7-5-13-3-2-8-25-13/h2-3,8,12H,4-7,9,11H2,1H3,(H,21,22)/t12-/m0/s1. The van der Waals surface area contributed by atoms with E-state index in [9.17, 15) is 14.9 Å². The van der Waals surface area contributed by atoms with E-state index < -0.39 is 11.9 Å². The van der Waals surface area contributed by atoms with Gasteiger partial charge in [-0.3, -0.25) is 9.59 Å². The molecule has 3 rings (SSSR count). The molecule has 1 atom stereocenters. The van der Waals surface area contributed by atoms with Gasteiger partial charge in [-0.1, -0.05) is 13.0 Å². The number of amides is 1. The third kappa shape index (κ3) is 4.51. The van der Waals surface area contributed by atoms with Gasteiger partial charge in [-0.25, -0.2) is 0 Å². The number of ether oxygens (including phenoxy) is 1. The zero-order valence-corrected chi connectivity index (χ0v) is 16.2. The molecule has 2 aromatic heterocycles. The lowest BCUT2D eigenvalue weighted by Crippen LogP contribution is -2.21. The minimum absolute atomic E-state index is 0.252. The normalized spacial score (nSPS) is 15.8. The van der Waals surface area contributed by atoms with Gasteiger partial charge in [-0.05, 0) is 48.6 Å². The number of nitriles is 1. The van der Waals surface area contributed by atoms with Gasteiger partial charge in [0, 0.05) is 9.75 Å². The quantitative estimate of drug-likeness (QED) is 0.761. The van der Waals surface area contributed by atoms with Crippen LogP contribution in [0.2, 0.25) is 0 Å². The van der Waals surface area contributed by atoms with Crippen LogP contribution in [0.5, 0.6) is 0 Å². The van der Waals surface area contributed by atoms with Crippen LogP contribution in [-0.2, 0) is 33.6 Å². The van der Waals surface area contributed by atoms with Gasteiger partial charge >= 0.3 is 5.97 Å². The van der Waals surface area contributed by atoms with E-state index in [0.29, 0.717) is 22.9 Å². The van der Waals surface area contributed by atoms with Crippen molar-refractivity contribution in [1.29, 1.82) is 5.26 Å². The fraction of sp³-hybridized carbons (Fsp3) is 0.421. The lowest BCUT2D eigenvalue weighted by molar-refractivity contribution is -0.147. The third-order valence-electron chi connectivity index (χ3n) is 4.40. The van der Waals surface area contributed by atoms with Crippen LogP contribution in [0.4, 0.5) is 5.00 Å². The Hall–Kier alpha value is -2.17. The highest BCUT2D eigenvalue weighted by Crippen LogP contribution is 2.39. The zero-order chi connectivity index (χ0) is 18.5. The van der Waals surface area contributed by atoms with Gasteiger partial charge in [0.1, 0.15) is 11.1 Å². The van der Waals surface area contributed by atoms with Crippen LogP contribution in [0, 0.1) is 17.2 Å². The molecule has 0 radical (unpaired) electrons. The topological polar surface area (TPSA) is 79.2 Å². The van der Waals surface area contributed by atoms with E-state index in [2.05, 4.69) is 18.3 Å². The molecule has 0 fully saturated rings. The van der Waals surface area contributed by atoms with Gasteiger partial charge in [0.25, 0.3) is 5.91 Å². The van der Waals surface area contributed by atoms with E-state index in [-0.39, 0.29) is 13.0 Å². The highest BCUT2D eigenvalue weighted by molar-refractivity contribution is 7.16. The van der Waals surface area contributed by atoms with Crippen LogP contribution in [0.25, 0.3) is 0 Å². The van der Waals surface area contributed by atoms with Crippen molar-refractivity contribution in [3.63, 3.8) is 0 Å². The van der Waals surface area contributed by atoms with Crippen molar-refractivity contribution in [3.05, 3.63) is 38.4 Å². The van der Waals surface area contributed by atoms with Crippen LogP contribution >= 0.6 is 22.7 Å². The molecule has 1 N–H and O–H groups in total. The molecular weight excluding hydrogens is 368 g/mol. The molecular formula is C19H20N2O3S2. The largest absolute Gasteiger partial charge is 0.456 e. The Kier molecular flexibility index (Phi) is 6.07. The lowest BCUT2D eigenvalue weighted by atomic mass is 9.89. The molecule has 0 aliphatic heterocycles. The first-order chi connectivity index (χ1) is 12.6. The Morgan fingerprint density at radius 3 is 3.04 bits per heavy atom. The van der Waals surface area contributed by atoms with E-state index in [0.717, 1.165) is 29.7 Å². The summed E-state index contributed by atoms with van der Waals surface area (Å²) in [4.78, 5) is 26.2. The average Bonchev–Trinajstić information content (AvgIpc) is 3.24. The number of aryl methyl sites for hydroxylation is 1. The molecule has 0 spiro atoms. The summed E-state index contributed by atoms with van der Waals surface area (Å²) in [6.45, 7) is 1.87. The SMILES string of the molecule is C[C@H]1CCc2c(sc(NC(=O)COC(=O)CCc3cccs3)c2C#N)C1. The molecule has 0 unspecified atom stereocenters. The first kappa shape index (κ1) is 18.6. The van der Waals surface area contributed by atoms with Crippen LogP contribution in [0.15, 0.2) is 17.5 Å². The van der Waals surface area contributed by atoms with Gasteiger partial charge in [0.2, 0.25) is 0 Å². The maximum absolute atomic E-state index is 12.1. The Morgan fingerprint density at radius 2 is 2.31 bits per heavy atom. The Labute approximate surface area is 160 Å². The minimum atomic E-state index is -0.405. The Morgan fingerprint density at radius 1 is 1.46 bits per heavy atom.